The Morgan fingerprint density at radius 3 is 2.85 bits per heavy atom. The average molecular weight is 392 g/mol. The van der Waals surface area contributed by atoms with E-state index >= 15 is 0 Å². The number of carbonyl (C=O) groups is 1. The van der Waals surface area contributed by atoms with Gasteiger partial charge in [-0.1, -0.05) is 6.07 Å². The lowest BCUT2D eigenvalue weighted by Gasteiger charge is -2.18. The van der Waals surface area contributed by atoms with Crippen LogP contribution in [-0.2, 0) is 11.3 Å². The number of H-pyrrole nitrogens is 1. The zero-order chi connectivity index (χ0) is 18.5. The fraction of sp³-hybridized carbons (Fsp3) is 0.235. The first-order valence-electron chi connectivity index (χ1n) is 7.86. The molecule has 0 saturated heterocycles. The van der Waals surface area contributed by atoms with E-state index in [0.717, 1.165) is 4.88 Å². The van der Waals surface area contributed by atoms with Crippen LogP contribution in [0.15, 0.2) is 41.8 Å². The first-order valence-corrected chi connectivity index (χ1v) is 9.15. The summed E-state index contributed by atoms with van der Waals surface area (Å²) in [5.74, 6) is 0.782. The largest absolute Gasteiger partial charge is 0.492 e. The van der Waals surface area contributed by atoms with Crippen LogP contribution >= 0.6 is 23.6 Å². The summed E-state index contributed by atoms with van der Waals surface area (Å²) in [4.78, 5) is 15.0. The van der Waals surface area contributed by atoms with Crippen molar-refractivity contribution in [1.82, 2.24) is 19.7 Å². The van der Waals surface area contributed by atoms with Crippen LogP contribution in [0.25, 0.3) is 10.7 Å². The Labute approximate surface area is 158 Å². The number of rotatable bonds is 7. The highest BCUT2D eigenvalue weighted by Gasteiger charge is 2.15. The molecular weight excluding hydrogens is 375 g/mol. The number of ether oxygens (including phenoxy) is 1. The van der Waals surface area contributed by atoms with E-state index in [9.17, 15) is 9.18 Å². The van der Waals surface area contributed by atoms with Crippen molar-refractivity contribution >= 4 is 29.5 Å². The molecule has 0 saturated carbocycles. The van der Waals surface area contributed by atoms with E-state index in [1.165, 1.54) is 23.5 Å². The normalized spacial score (nSPS) is 10.7. The molecule has 136 valence electrons. The molecule has 3 aromatic rings. The lowest BCUT2D eigenvalue weighted by Crippen LogP contribution is -2.33. The fourth-order valence-electron chi connectivity index (χ4n) is 2.27. The van der Waals surface area contributed by atoms with Crippen molar-refractivity contribution in [2.75, 3.05) is 20.2 Å². The van der Waals surface area contributed by atoms with E-state index in [1.807, 2.05) is 17.5 Å². The van der Waals surface area contributed by atoms with Gasteiger partial charge in [-0.05, 0) is 47.9 Å². The first-order chi connectivity index (χ1) is 12.5. The molecule has 0 aliphatic carbocycles. The van der Waals surface area contributed by atoms with Crippen LogP contribution in [0.4, 0.5) is 4.39 Å². The molecule has 1 aromatic carbocycles. The number of halogens is 1. The molecule has 0 aliphatic rings. The average Bonchev–Trinajstić information content (AvgIpc) is 3.27. The molecule has 9 heteroatoms. The van der Waals surface area contributed by atoms with Gasteiger partial charge in [0.15, 0.2) is 10.6 Å². The van der Waals surface area contributed by atoms with Crippen LogP contribution < -0.4 is 4.74 Å². The van der Waals surface area contributed by atoms with Crippen molar-refractivity contribution in [1.29, 1.82) is 0 Å². The van der Waals surface area contributed by atoms with Crippen molar-refractivity contribution in [3.8, 4) is 16.5 Å². The summed E-state index contributed by atoms with van der Waals surface area (Å²) >= 11 is 6.77. The van der Waals surface area contributed by atoms with E-state index in [-0.39, 0.29) is 18.3 Å². The van der Waals surface area contributed by atoms with Crippen LogP contribution in [0.2, 0.25) is 0 Å². The van der Waals surface area contributed by atoms with Gasteiger partial charge in [0.2, 0.25) is 5.91 Å². The second-order valence-corrected chi connectivity index (χ2v) is 6.87. The second kappa shape index (κ2) is 8.24. The highest BCUT2D eigenvalue weighted by atomic mass is 32.1. The zero-order valence-electron chi connectivity index (χ0n) is 14.0. The minimum absolute atomic E-state index is 0.0929. The number of aromatic nitrogens is 3. The predicted molar refractivity (Wildman–Crippen MR) is 100 cm³/mol. The first kappa shape index (κ1) is 18.3. The molecule has 0 bridgehead atoms. The molecule has 0 unspecified atom stereocenters. The Bertz CT molecular complexity index is 919. The number of benzene rings is 1. The molecule has 0 spiro atoms. The van der Waals surface area contributed by atoms with E-state index in [4.69, 9.17) is 17.0 Å². The van der Waals surface area contributed by atoms with E-state index in [0.29, 0.717) is 29.5 Å². The van der Waals surface area contributed by atoms with Gasteiger partial charge in [0.25, 0.3) is 0 Å². The minimum atomic E-state index is -0.317. The summed E-state index contributed by atoms with van der Waals surface area (Å²) in [5.41, 5.74) is 0. The number of nitrogens with one attached hydrogen (secondary N) is 1. The van der Waals surface area contributed by atoms with Gasteiger partial charge >= 0.3 is 0 Å². The van der Waals surface area contributed by atoms with Crippen LogP contribution in [0, 0.1) is 10.6 Å². The number of hydrogen-bond acceptors (Lipinski definition) is 5. The SMILES string of the molecule is CN(CCOc1ccc(F)cc1)C(=O)Cn1c(-c2cccs2)n[nH]c1=S. The predicted octanol–water partition coefficient (Wildman–Crippen LogP) is 3.35. The fourth-order valence-corrected chi connectivity index (χ4v) is 3.19. The summed E-state index contributed by atoms with van der Waals surface area (Å²) < 4.78 is 20.5. The van der Waals surface area contributed by atoms with Gasteiger partial charge in [0.1, 0.15) is 24.7 Å². The van der Waals surface area contributed by atoms with Gasteiger partial charge in [0.05, 0.1) is 11.4 Å². The smallest absolute Gasteiger partial charge is 0.242 e. The molecule has 2 heterocycles. The van der Waals surface area contributed by atoms with E-state index < -0.39 is 0 Å². The molecule has 26 heavy (non-hydrogen) atoms. The monoisotopic (exact) mass is 392 g/mol. The van der Waals surface area contributed by atoms with Crippen molar-refractivity contribution in [3.63, 3.8) is 0 Å². The van der Waals surface area contributed by atoms with Gasteiger partial charge in [-0.25, -0.2) is 4.39 Å². The summed E-state index contributed by atoms with van der Waals surface area (Å²) in [6, 6.07) is 9.61. The number of likely N-dealkylation sites (N-methyl/N-ethyl adjacent to an activating group) is 1. The molecule has 0 atom stereocenters. The minimum Gasteiger partial charge on any atom is -0.492 e. The second-order valence-electron chi connectivity index (χ2n) is 5.53. The molecule has 2 aromatic heterocycles. The molecule has 6 nitrogen and oxygen atoms in total. The Balaban J connectivity index is 1.57. The van der Waals surface area contributed by atoms with Gasteiger partial charge < -0.3 is 9.64 Å². The number of thiophene rings is 1. The lowest BCUT2D eigenvalue weighted by atomic mass is 10.3. The Morgan fingerprint density at radius 1 is 1.38 bits per heavy atom. The van der Waals surface area contributed by atoms with Crippen LogP contribution in [-0.4, -0.2) is 45.8 Å². The zero-order valence-corrected chi connectivity index (χ0v) is 15.6. The topological polar surface area (TPSA) is 63.1 Å². The van der Waals surface area contributed by atoms with Crippen molar-refractivity contribution in [2.45, 2.75) is 6.54 Å². The molecule has 0 fully saturated rings. The standard InChI is InChI=1S/C17H17FN4O2S2/c1-21(8-9-24-13-6-4-12(18)5-7-13)15(23)11-22-16(19-20-17(22)25)14-3-2-10-26-14/h2-7,10H,8-9,11H2,1H3,(H,20,25). The van der Waals surface area contributed by atoms with Crippen molar-refractivity contribution in [2.24, 2.45) is 0 Å². The van der Waals surface area contributed by atoms with Crippen LogP contribution in [0.5, 0.6) is 5.75 Å². The van der Waals surface area contributed by atoms with E-state index in [1.54, 1.807) is 28.6 Å². The highest BCUT2D eigenvalue weighted by molar-refractivity contribution is 7.71. The summed E-state index contributed by atoms with van der Waals surface area (Å²) in [5, 5.41) is 8.89. The molecule has 0 aliphatic heterocycles. The number of carbonyl (C=O) groups excluding carboxylic acids is 1. The summed E-state index contributed by atoms with van der Waals surface area (Å²) in [6.45, 7) is 0.799. The van der Waals surface area contributed by atoms with Crippen LogP contribution in [0.3, 0.4) is 0 Å². The Morgan fingerprint density at radius 2 is 2.15 bits per heavy atom. The van der Waals surface area contributed by atoms with Crippen molar-refractivity contribution in [3.05, 3.63) is 52.4 Å². The van der Waals surface area contributed by atoms with Gasteiger partial charge in [0, 0.05) is 7.05 Å². The summed E-state index contributed by atoms with van der Waals surface area (Å²) in [6.07, 6.45) is 0. The molecule has 0 radical (unpaired) electrons. The number of nitrogens with zero attached hydrogens (tertiary/aromatic N) is 3. The maximum atomic E-state index is 12.9. The molecule has 1 N–H and O–H groups in total. The number of hydrogen-bond donors (Lipinski definition) is 1. The molecule has 3 rings (SSSR count). The third kappa shape index (κ3) is 4.36. The van der Waals surface area contributed by atoms with Gasteiger partial charge in [-0.2, -0.15) is 5.10 Å². The Hall–Kier alpha value is -2.52. The Kier molecular flexibility index (Phi) is 5.79. The summed E-state index contributed by atoms with van der Waals surface area (Å²) in [7, 11) is 1.70. The number of aromatic amines is 1. The van der Waals surface area contributed by atoms with Crippen molar-refractivity contribution < 1.29 is 13.9 Å². The maximum Gasteiger partial charge on any atom is 0.242 e. The lowest BCUT2D eigenvalue weighted by molar-refractivity contribution is -0.130. The van der Waals surface area contributed by atoms with Gasteiger partial charge in [-0.3, -0.25) is 14.5 Å². The van der Waals surface area contributed by atoms with Crippen LogP contribution in [0.1, 0.15) is 0 Å². The van der Waals surface area contributed by atoms with E-state index in [2.05, 4.69) is 10.2 Å². The third-order valence-electron chi connectivity index (χ3n) is 3.73. The van der Waals surface area contributed by atoms with Gasteiger partial charge in [-0.15, -0.1) is 11.3 Å². The molecular formula is C17H17FN4O2S2. The number of amides is 1. The quantitative estimate of drug-likeness (QED) is 0.627. The molecule has 1 amide bonds. The third-order valence-corrected chi connectivity index (χ3v) is 4.91. The highest BCUT2D eigenvalue weighted by Crippen LogP contribution is 2.22. The maximum absolute atomic E-state index is 12.9.